The Hall–Kier alpha value is -3.59. The van der Waals surface area contributed by atoms with E-state index in [1.165, 1.54) is 17.2 Å². The number of nitrogens with zero attached hydrogens (tertiary/aromatic N) is 6. The third-order valence-electron chi connectivity index (χ3n) is 9.40. The van der Waals surface area contributed by atoms with Crippen molar-refractivity contribution in [2.45, 2.75) is 63.1 Å². The zero-order valence-electron chi connectivity index (χ0n) is 23.0. The zero-order valence-corrected chi connectivity index (χ0v) is 23.0. The molecule has 1 aliphatic carbocycles. The fraction of sp³-hybridized carbons (Fsp3) is 0.484. The molecule has 3 fully saturated rings. The largest absolute Gasteiger partial charge is 0.462 e. The predicted molar refractivity (Wildman–Crippen MR) is 152 cm³/mol. The first-order valence-corrected chi connectivity index (χ1v) is 14.5. The van der Waals surface area contributed by atoms with Crippen LogP contribution in [0.2, 0.25) is 0 Å². The van der Waals surface area contributed by atoms with E-state index in [-0.39, 0.29) is 35.6 Å². The van der Waals surface area contributed by atoms with Crippen molar-refractivity contribution in [1.29, 1.82) is 0 Å². The SMILES string of the molecule is C=CC(=O)N1CC[C@@H]2[C@H]1CN2c1nc(OC[C@@H]2CCCN2C)nc2c(F)c(-c3cccc4c3CCCC4)ncc12. The van der Waals surface area contributed by atoms with Gasteiger partial charge in [0.25, 0.3) is 0 Å². The van der Waals surface area contributed by atoms with Gasteiger partial charge in [0.15, 0.2) is 5.82 Å². The maximum atomic E-state index is 16.5. The van der Waals surface area contributed by atoms with Gasteiger partial charge in [-0.3, -0.25) is 9.78 Å². The van der Waals surface area contributed by atoms with Gasteiger partial charge in [-0.05, 0) is 75.7 Å². The Morgan fingerprint density at radius 2 is 2.02 bits per heavy atom. The van der Waals surface area contributed by atoms with Crippen molar-refractivity contribution >= 4 is 22.6 Å². The van der Waals surface area contributed by atoms with Gasteiger partial charge in [-0.15, -0.1) is 0 Å². The van der Waals surface area contributed by atoms with Crippen LogP contribution in [0.4, 0.5) is 10.2 Å². The number of ether oxygens (including phenoxy) is 1. The number of carbonyl (C=O) groups excluding carboxylic acids is 1. The summed E-state index contributed by atoms with van der Waals surface area (Å²) in [6.45, 7) is 6.45. The van der Waals surface area contributed by atoms with Crippen LogP contribution in [0.15, 0.2) is 37.1 Å². The van der Waals surface area contributed by atoms with E-state index in [4.69, 9.17) is 9.72 Å². The van der Waals surface area contributed by atoms with Crippen LogP contribution >= 0.6 is 0 Å². The molecule has 7 rings (SSSR count). The van der Waals surface area contributed by atoms with E-state index in [1.807, 2.05) is 17.0 Å². The number of benzene rings is 1. The van der Waals surface area contributed by atoms with E-state index in [9.17, 15) is 4.79 Å². The minimum atomic E-state index is -0.435. The number of halogens is 1. The molecule has 0 saturated carbocycles. The quantitative estimate of drug-likeness (QED) is 0.433. The molecule has 1 amide bonds. The van der Waals surface area contributed by atoms with E-state index >= 15 is 4.39 Å². The first kappa shape index (κ1) is 25.4. The monoisotopic (exact) mass is 542 g/mol. The topological polar surface area (TPSA) is 74.7 Å². The number of rotatable bonds is 6. The second-order valence-electron chi connectivity index (χ2n) is 11.6. The number of likely N-dealkylation sites (tertiary alicyclic amines) is 2. The van der Waals surface area contributed by atoms with E-state index < -0.39 is 5.82 Å². The van der Waals surface area contributed by atoms with Crippen molar-refractivity contribution in [1.82, 2.24) is 24.8 Å². The summed E-state index contributed by atoms with van der Waals surface area (Å²) >= 11 is 0. The highest BCUT2D eigenvalue weighted by Gasteiger charge is 2.49. The Bertz CT molecular complexity index is 1490. The van der Waals surface area contributed by atoms with Crippen molar-refractivity contribution in [2.75, 3.05) is 38.2 Å². The molecule has 1 aromatic carbocycles. The number of carbonyl (C=O) groups is 1. The van der Waals surface area contributed by atoms with E-state index in [2.05, 4.69) is 39.5 Å². The molecular formula is C31H35FN6O2. The van der Waals surface area contributed by atoms with E-state index in [1.54, 1.807) is 6.20 Å². The summed E-state index contributed by atoms with van der Waals surface area (Å²) in [6, 6.07) is 6.80. The van der Waals surface area contributed by atoms with Crippen LogP contribution < -0.4 is 9.64 Å². The lowest BCUT2D eigenvalue weighted by Gasteiger charge is -2.47. The number of aromatic nitrogens is 3. The number of pyridine rings is 1. The Balaban J connectivity index is 1.29. The van der Waals surface area contributed by atoms with Crippen molar-refractivity contribution in [3.05, 3.63) is 54.0 Å². The summed E-state index contributed by atoms with van der Waals surface area (Å²) < 4.78 is 22.6. The summed E-state index contributed by atoms with van der Waals surface area (Å²) in [5.41, 5.74) is 3.90. The molecule has 0 unspecified atom stereocenters. The number of amides is 1. The van der Waals surface area contributed by atoms with Gasteiger partial charge in [0.05, 0.1) is 17.5 Å². The predicted octanol–water partition coefficient (Wildman–Crippen LogP) is 4.16. The molecule has 0 bridgehead atoms. The fourth-order valence-corrected chi connectivity index (χ4v) is 7.11. The summed E-state index contributed by atoms with van der Waals surface area (Å²) in [4.78, 5) is 32.8. The Morgan fingerprint density at radius 3 is 2.85 bits per heavy atom. The standard InChI is InChI=1S/C31H35FN6O2/c1-3-26(39)37-15-13-24-25(37)17-38(24)30-23-16-33-28(22-12-6-9-19-8-4-5-11-21(19)22)27(32)29(23)34-31(35-30)40-18-20-10-7-14-36(20)2/h3,6,9,12,16,20,24-25H,1,4-5,7-8,10-11,13-15,17-18H2,2H3/t20-,24+,25+/m0/s1. The van der Waals surface area contributed by atoms with Crippen LogP contribution in [0, 0.1) is 5.82 Å². The normalized spacial score (nSPS) is 24.1. The number of aryl methyl sites for hydroxylation is 1. The number of anilines is 1. The first-order chi connectivity index (χ1) is 19.5. The first-order valence-electron chi connectivity index (χ1n) is 14.5. The van der Waals surface area contributed by atoms with Gasteiger partial charge in [-0.2, -0.15) is 9.97 Å². The minimum absolute atomic E-state index is 0.0482. The molecule has 0 radical (unpaired) electrons. The van der Waals surface area contributed by atoms with Crippen LogP contribution in [0.25, 0.3) is 22.2 Å². The van der Waals surface area contributed by atoms with E-state index in [0.29, 0.717) is 36.6 Å². The molecule has 2 aromatic heterocycles. The highest BCUT2D eigenvalue weighted by Crippen LogP contribution is 2.41. The Morgan fingerprint density at radius 1 is 1.15 bits per heavy atom. The average molecular weight is 543 g/mol. The average Bonchev–Trinajstić information content (AvgIpc) is 3.53. The van der Waals surface area contributed by atoms with Gasteiger partial charge in [-0.25, -0.2) is 4.39 Å². The molecule has 8 nitrogen and oxygen atoms in total. The van der Waals surface area contributed by atoms with Crippen LogP contribution in [0.5, 0.6) is 6.01 Å². The number of likely N-dealkylation sites (N-methyl/N-ethyl adjacent to an activating group) is 1. The van der Waals surface area contributed by atoms with Gasteiger partial charge in [-0.1, -0.05) is 24.8 Å². The van der Waals surface area contributed by atoms with Crippen molar-refractivity contribution < 1.29 is 13.9 Å². The summed E-state index contributed by atoms with van der Waals surface area (Å²) in [5, 5.41) is 0.573. The smallest absolute Gasteiger partial charge is 0.319 e. The summed E-state index contributed by atoms with van der Waals surface area (Å²) in [6.07, 6.45) is 10.3. The highest BCUT2D eigenvalue weighted by atomic mass is 19.1. The van der Waals surface area contributed by atoms with Crippen molar-refractivity contribution in [2.24, 2.45) is 0 Å². The molecule has 208 valence electrons. The van der Waals surface area contributed by atoms with Crippen LogP contribution in [0.3, 0.4) is 0 Å². The van der Waals surface area contributed by atoms with Crippen LogP contribution in [-0.2, 0) is 17.6 Å². The molecule has 3 saturated heterocycles. The van der Waals surface area contributed by atoms with Crippen molar-refractivity contribution in [3.63, 3.8) is 0 Å². The fourth-order valence-electron chi connectivity index (χ4n) is 7.11. The third-order valence-corrected chi connectivity index (χ3v) is 9.40. The second kappa shape index (κ2) is 10.1. The maximum absolute atomic E-state index is 16.5. The Kier molecular flexibility index (Phi) is 6.41. The van der Waals surface area contributed by atoms with Gasteiger partial charge in [0.1, 0.15) is 23.6 Å². The lowest BCUT2D eigenvalue weighted by Crippen LogP contribution is -2.63. The lowest BCUT2D eigenvalue weighted by atomic mass is 9.87. The lowest BCUT2D eigenvalue weighted by molar-refractivity contribution is -0.127. The number of hydrogen-bond acceptors (Lipinski definition) is 7. The highest BCUT2D eigenvalue weighted by molar-refractivity contribution is 5.93. The Labute approximate surface area is 233 Å². The van der Waals surface area contributed by atoms with Crippen molar-refractivity contribution in [3.8, 4) is 17.3 Å². The molecule has 3 aliphatic heterocycles. The minimum Gasteiger partial charge on any atom is -0.462 e. The van der Waals surface area contributed by atoms with Crippen LogP contribution in [0.1, 0.15) is 43.2 Å². The molecular weight excluding hydrogens is 507 g/mol. The maximum Gasteiger partial charge on any atom is 0.319 e. The molecule has 0 spiro atoms. The zero-order chi connectivity index (χ0) is 27.4. The summed E-state index contributed by atoms with van der Waals surface area (Å²) in [5.74, 6) is 0.143. The molecule has 3 aromatic rings. The van der Waals surface area contributed by atoms with Gasteiger partial charge >= 0.3 is 6.01 Å². The van der Waals surface area contributed by atoms with Gasteiger partial charge < -0.3 is 19.4 Å². The molecule has 3 atom stereocenters. The van der Waals surface area contributed by atoms with E-state index in [0.717, 1.165) is 57.1 Å². The molecule has 0 N–H and O–H groups in total. The second-order valence-corrected chi connectivity index (χ2v) is 11.6. The molecule has 9 heteroatoms. The third kappa shape index (κ3) is 4.13. The molecule has 5 heterocycles. The molecule has 40 heavy (non-hydrogen) atoms. The summed E-state index contributed by atoms with van der Waals surface area (Å²) in [7, 11) is 2.10. The van der Waals surface area contributed by atoms with Gasteiger partial charge in [0.2, 0.25) is 5.91 Å². The number of hydrogen-bond donors (Lipinski definition) is 0. The van der Waals surface area contributed by atoms with Gasteiger partial charge in [0, 0.05) is 30.9 Å². The number of fused-ring (bicyclic) bond motifs is 3. The molecule has 4 aliphatic rings. The van der Waals surface area contributed by atoms with Crippen LogP contribution in [-0.4, -0.2) is 82.1 Å².